The second kappa shape index (κ2) is 8.67. The van der Waals surface area contributed by atoms with Crippen LogP contribution in [0.3, 0.4) is 0 Å². The number of amides is 2. The fourth-order valence-electron chi connectivity index (χ4n) is 4.40. The lowest BCUT2D eigenvalue weighted by Gasteiger charge is -2.34. The maximum absolute atomic E-state index is 13.4. The molecule has 3 unspecified atom stereocenters. The highest BCUT2D eigenvalue weighted by Gasteiger charge is 2.41. The number of anilines is 1. The highest BCUT2D eigenvalue weighted by atomic mass is 16.2. The molecule has 3 atom stereocenters. The molecule has 1 fully saturated rings. The van der Waals surface area contributed by atoms with Crippen LogP contribution in [0.15, 0.2) is 24.3 Å². The lowest BCUT2D eigenvalue weighted by Crippen LogP contribution is -2.47. The zero-order chi connectivity index (χ0) is 18.5. The van der Waals surface area contributed by atoms with Crippen molar-refractivity contribution < 1.29 is 9.59 Å². The molecule has 0 bridgehead atoms. The molecule has 2 aliphatic rings. The van der Waals surface area contributed by atoms with E-state index in [9.17, 15) is 9.59 Å². The highest BCUT2D eigenvalue weighted by Crippen LogP contribution is 2.37. The first-order valence-electron chi connectivity index (χ1n) is 10.0. The van der Waals surface area contributed by atoms with Gasteiger partial charge in [0.2, 0.25) is 11.8 Å². The maximum Gasteiger partial charge on any atom is 0.231 e. The summed E-state index contributed by atoms with van der Waals surface area (Å²) in [5.74, 6) is -0.218. The van der Waals surface area contributed by atoms with Crippen LogP contribution >= 0.6 is 0 Å². The van der Waals surface area contributed by atoms with Gasteiger partial charge in [0.05, 0.1) is 5.92 Å². The van der Waals surface area contributed by atoms with Gasteiger partial charge in [-0.1, -0.05) is 38.0 Å². The Morgan fingerprint density at radius 2 is 1.85 bits per heavy atom. The van der Waals surface area contributed by atoms with Crippen LogP contribution in [0.25, 0.3) is 0 Å². The smallest absolute Gasteiger partial charge is 0.231 e. The minimum atomic E-state index is -0.198. The Kier molecular flexibility index (Phi) is 6.30. The summed E-state index contributed by atoms with van der Waals surface area (Å²) in [7, 11) is 0. The summed E-state index contributed by atoms with van der Waals surface area (Å²) in [5.41, 5.74) is 2.26. The zero-order valence-corrected chi connectivity index (χ0v) is 16.0. The maximum atomic E-state index is 13.4. The van der Waals surface area contributed by atoms with Crippen molar-refractivity contribution in [1.82, 2.24) is 10.6 Å². The van der Waals surface area contributed by atoms with Gasteiger partial charge in [0.1, 0.15) is 0 Å². The van der Waals surface area contributed by atoms with Crippen molar-refractivity contribution in [1.29, 1.82) is 0 Å². The SMILES string of the molecule is CCNCCNC(=O)C1CCCCC1C(=O)N1c2ccccc2CC1C. The van der Waals surface area contributed by atoms with Gasteiger partial charge < -0.3 is 15.5 Å². The molecule has 1 aromatic rings. The lowest BCUT2D eigenvalue weighted by molar-refractivity contribution is -0.135. The van der Waals surface area contributed by atoms with Crippen LogP contribution in [0, 0.1) is 11.8 Å². The average molecular weight is 357 g/mol. The number of carbonyl (C=O) groups excluding carboxylic acids is 2. The highest BCUT2D eigenvalue weighted by molar-refractivity contribution is 6.00. The lowest BCUT2D eigenvalue weighted by atomic mass is 9.77. The molecular formula is C21H31N3O2. The Hall–Kier alpha value is -1.88. The Labute approximate surface area is 156 Å². The van der Waals surface area contributed by atoms with Crippen molar-refractivity contribution in [3.8, 4) is 0 Å². The van der Waals surface area contributed by atoms with Gasteiger partial charge in [-0.15, -0.1) is 0 Å². The van der Waals surface area contributed by atoms with E-state index in [1.165, 1.54) is 5.56 Å². The number of benzene rings is 1. The quantitative estimate of drug-likeness (QED) is 0.769. The van der Waals surface area contributed by atoms with Gasteiger partial charge in [-0.2, -0.15) is 0 Å². The second-order valence-electron chi connectivity index (χ2n) is 7.53. The summed E-state index contributed by atoms with van der Waals surface area (Å²) in [5, 5.41) is 6.23. The molecule has 0 saturated heterocycles. The fourth-order valence-corrected chi connectivity index (χ4v) is 4.40. The number of nitrogens with zero attached hydrogens (tertiary/aromatic N) is 1. The minimum Gasteiger partial charge on any atom is -0.355 e. The van der Waals surface area contributed by atoms with Gasteiger partial charge >= 0.3 is 0 Å². The number of nitrogens with one attached hydrogen (secondary N) is 2. The summed E-state index contributed by atoms with van der Waals surface area (Å²) in [6.45, 7) is 6.43. The third kappa shape index (κ3) is 3.93. The van der Waals surface area contributed by atoms with E-state index in [0.717, 1.165) is 50.9 Å². The predicted molar refractivity (Wildman–Crippen MR) is 104 cm³/mol. The van der Waals surface area contributed by atoms with E-state index in [-0.39, 0.29) is 29.7 Å². The summed E-state index contributed by atoms with van der Waals surface area (Å²) in [6, 6.07) is 8.32. The summed E-state index contributed by atoms with van der Waals surface area (Å²) < 4.78 is 0. The summed E-state index contributed by atoms with van der Waals surface area (Å²) in [6.07, 6.45) is 4.58. The number of para-hydroxylation sites is 1. The molecule has 142 valence electrons. The summed E-state index contributed by atoms with van der Waals surface area (Å²) >= 11 is 0. The fraction of sp³-hybridized carbons (Fsp3) is 0.619. The van der Waals surface area contributed by atoms with Gasteiger partial charge in [-0.3, -0.25) is 9.59 Å². The molecule has 1 aliphatic heterocycles. The van der Waals surface area contributed by atoms with Crippen molar-refractivity contribution in [3.05, 3.63) is 29.8 Å². The molecule has 1 heterocycles. The van der Waals surface area contributed by atoms with Crippen LogP contribution in [0.2, 0.25) is 0 Å². The zero-order valence-electron chi connectivity index (χ0n) is 16.0. The van der Waals surface area contributed by atoms with Gasteiger partial charge in [-0.25, -0.2) is 0 Å². The number of carbonyl (C=O) groups is 2. The molecule has 1 saturated carbocycles. The van der Waals surface area contributed by atoms with E-state index >= 15 is 0 Å². The normalized spacial score (nSPS) is 25.0. The number of fused-ring (bicyclic) bond motifs is 1. The largest absolute Gasteiger partial charge is 0.355 e. The van der Waals surface area contributed by atoms with Crippen molar-refractivity contribution >= 4 is 17.5 Å². The van der Waals surface area contributed by atoms with Gasteiger partial charge in [-0.05, 0) is 44.4 Å². The van der Waals surface area contributed by atoms with E-state index in [1.807, 2.05) is 30.0 Å². The molecule has 0 spiro atoms. The van der Waals surface area contributed by atoms with Crippen LogP contribution in [-0.4, -0.2) is 37.5 Å². The molecule has 1 aliphatic carbocycles. The van der Waals surface area contributed by atoms with E-state index in [0.29, 0.717) is 6.54 Å². The molecule has 0 aromatic heterocycles. The van der Waals surface area contributed by atoms with Crippen LogP contribution in [0.5, 0.6) is 0 Å². The van der Waals surface area contributed by atoms with Crippen molar-refractivity contribution in [2.75, 3.05) is 24.5 Å². The third-order valence-corrected chi connectivity index (χ3v) is 5.72. The number of hydrogen-bond acceptors (Lipinski definition) is 3. The first-order valence-corrected chi connectivity index (χ1v) is 10.0. The Morgan fingerprint density at radius 3 is 2.62 bits per heavy atom. The number of likely N-dealkylation sites (N-methyl/N-ethyl adjacent to an activating group) is 1. The third-order valence-electron chi connectivity index (χ3n) is 5.72. The van der Waals surface area contributed by atoms with Gasteiger partial charge in [0.15, 0.2) is 0 Å². The predicted octanol–water partition coefficient (Wildman–Crippen LogP) is 2.50. The standard InChI is InChI=1S/C21H31N3O2/c1-3-22-12-13-23-20(25)17-9-5-6-10-18(17)21(26)24-15(2)14-16-8-4-7-11-19(16)24/h4,7-8,11,15,17-18,22H,3,5-6,9-10,12-14H2,1-2H3,(H,23,25). The molecule has 26 heavy (non-hydrogen) atoms. The average Bonchev–Trinajstić information content (AvgIpc) is 3.00. The van der Waals surface area contributed by atoms with Gasteiger partial charge in [0, 0.05) is 30.7 Å². The molecule has 1 aromatic carbocycles. The van der Waals surface area contributed by atoms with Crippen LogP contribution < -0.4 is 15.5 Å². The molecule has 0 radical (unpaired) electrons. The first-order chi connectivity index (χ1) is 12.6. The van der Waals surface area contributed by atoms with Crippen LogP contribution in [0.1, 0.15) is 45.1 Å². The molecule has 2 amide bonds. The Bertz CT molecular complexity index is 646. The van der Waals surface area contributed by atoms with Crippen molar-refractivity contribution in [2.45, 2.75) is 52.0 Å². The monoisotopic (exact) mass is 357 g/mol. The minimum absolute atomic E-state index is 0.0427. The Balaban J connectivity index is 1.71. The molecule has 5 nitrogen and oxygen atoms in total. The van der Waals surface area contributed by atoms with Gasteiger partial charge in [0.25, 0.3) is 0 Å². The van der Waals surface area contributed by atoms with E-state index in [1.54, 1.807) is 0 Å². The molecular weight excluding hydrogens is 326 g/mol. The number of hydrogen-bond donors (Lipinski definition) is 2. The molecule has 5 heteroatoms. The van der Waals surface area contributed by atoms with E-state index in [2.05, 4.69) is 23.6 Å². The van der Waals surface area contributed by atoms with E-state index in [4.69, 9.17) is 0 Å². The summed E-state index contributed by atoms with van der Waals surface area (Å²) in [4.78, 5) is 28.1. The van der Waals surface area contributed by atoms with E-state index < -0.39 is 0 Å². The first kappa shape index (κ1) is 18.9. The molecule has 3 rings (SSSR count). The van der Waals surface area contributed by atoms with Crippen LogP contribution in [-0.2, 0) is 16.0 Å². The van der Waals surface area contributed by atoms with Crippen molar-refractivity contribution in [3.63, 3.8) is 0 Å². The topological polar surface area (TPSA) is 61.4 Å². The van der Waals surface area contributed by atoms with Crippen LogP contribution in [0.4, 0.5) is 5.69 Å². The molecule has 2 N–H and O–H groups in total. The number of rotatable bonds is 6. The Morgan fingerprint density at radius 1 is 1.12 bits per heavy atom. The van der Waals surface area contributed by atoms with Crippen molar-refractivity contribution in [2.24, 2.45) is 11.8 Å². The second-order valence-corrected chi connectivity index (χ2v) is 7.53.